The van der Waals surface area contributed by atoms with Crippen LogP contribution in [0.5, 0.6) is 11.5 Å². The molecule has 0 aromatic heterocycles. The summed E-state index contributed by atoms with van der Waals surface area (Å²) in [6.07, 6.45) is 3.38. The molecule has 1 fully saturated rings. The number of amides is 4. The zero-order chi connectivity index (χ0) is 23.4. The number of anilines is 1. The summed E-state index contributed by atoms with van der Waals surface area (Å²) in [6.45, 7) is 9.88. The number of hydrogen-bond donors (Lipinski definition) is 2. The Balaban J connectivity index is 2.03. The maximum atomic E-state index is 13.1. The van der Waals surface area contributed by atoms with Crippen molar-refractivity contribution >= 4 is 29.6 Å². The number of benzene rings is 2. The van der Waals surface area contributed by atoms with E-state index >= 15 is 0 Å². The summed E-state index contributed by atoms with van der Waals surface area (Å²) in [5.41, 5.74) is 2.25. The number of phenolic OH excluding ortho intramolecular Hbond substituents is 1. The predicted molar refractivity (Wildman–Crippen MR) is 123 cm³/mol. The Hall–Kier alpha value is -3.87. The smallest absolute Gasteiger partial charge is 0.335 e. The Morgan fingerprint density at radius 3 is 2.44 bits per heavy atom. The number of hydrogen-bond acceptors (Lipinski definition) is 5. The van der Waals surface area contributed by atoms with Gasteiger partial charge in [0.1, 0.15) is 5.57 Å². The molecule has 1 saturated heterocycles. The molecular formula is C25H26N2O5. The molecule has 0 spiro atoms. The van der Waals surface area contributed by atoms with Crippen molar-refractivity contribution in [1.29, 1.82) is 0 Å². The summed E-state index contributed by atoms with van der Waals surface area (Å²) in [5.74, 6) is -1.00. The SMILES string of the molecule is C=CCc1cc(/C=C2\C(=O)NC(=O)N(c3ccc(C(C)C)cc3)C2=O)cc(OCC)c1O. The maximum absolute atomic E-state index is 13.1. The molecule has 2 N–H and O–H groups in total. The molecule has 0 unspecified atom stereocenters. The van der Waals surface area contributed by atoms with Crippen LogP contribution in [0.3, 0.4) is 0 Å². The summed E-state index contributed by atoms with van der Waals surface area (Å²) < 4.78 is 5.48. The Bertz CT molecular complexity index is 1100. The lowest BCUT2D eigenvalue weighted by Gasteiger charge is -2.26. The van der Waals surface area contributed by atoms with E-state index in [0.29, 0.717) is 35.8 Å². The summed E-state index contributed by atoms with van der Waals surface area (Å²) >= 11 is 0. The van der Waals surface area contributed by atoms with Gasteiger partial charge >= 0.3 is 6.03 Å². The van der Waals surface area contributed by atoms with Crippen LogP contribution in [0.15, 0.2) is 54.6 Å². The molecule has 1 heterocycles. The van der Waals surface area contributed by atoms with E-state index in [1.807, 2.05) is 26.0 Å². The fourth-order valence-electron chi connectivity index (χ4n) is 3.42. The summed E-state index contributed by atoms with van der Waals surface area (Å²) in [7, 11) is 0. The number of rotatable bonds is 7. The highest BCUT2D eigenvalue weighted by Gasteiger charge is 2.36. The van der Waals surface area contributed by atoms with Gasteiger partial charge in [0.05, 0.1) is 12.3 Å². The van der Waals surface area contributed by atoms with Crippen LogP contribution in [-0.4, -0.2) is 29.6 Å². The van der Waals surface area contributed by atoms with Crippen LogP contribution in [-0.2, 0) is 16.0 Å². The van der Waals surface area contributed by atoms with E-state index < -0.39 is 17.8 Å². The zero-order valence-corrected chi connectivity index (χ0v) is 18.3. The topological polar surface area (TPSA) is 95.9 Å². The lowest BCUT2D eigenvalue weighted by molar-refractivity contribution is -0.122. The molecule has 166 valence electrons. The Kier molecular flexibility index (Phi) is 6.78. The normalized spacial score (nSPS) is 15.3. The fourth-order valence-corrected chi connectivity index (χ4v) is 3.42. The third-order valence-corrected chi connectivity index (χ3v) is 5.07. The highest BCUT2D eigenvalue weighted by molar-refractivity contribution is 6.39. The van der Waals surface area contributed by atoms with Gasteiger partial charge < -0.3 is 9.84 Å². The highest BCUT2D eigenvalue weighted by Crippen LogP contribution is 2.33. The summed E-state index contributed by atoms with van der Waals surface area (Å²) in [4.78, 5) is 39.0. The van der Waals surface area contributed by atoms with Crippen molar-refractivity contribution in [3.05, 3.63) is 71.3 Å². The van der Waals surface area contributed by atoms with E-state index in [0.717, 1.165) is 10.5 Å². The second-order valence-corrected chi connectivity index (χ2v) is 7.66. The largest absolute Gasteiger partial charge is 0.504 e. The fraction of sp³-hybridized carbons (Fsp3) is 0.240. The van der Waals surface area contributed by atoms with Crippen molar-refractivity contribution < 1.29 is 24.2 Å². The van der Waals surface area contributed by atoms with E-state index in [1.165, 1.54) is 12.1 Å². The van der Waals surface area contributed by atoms with Crippen molar-refractivity contribution in [3.63, 3.8) is 0 Å². The Morgan fingerprint density at radius 2 is 1.84 bits per heavy atom. The minimum atomic E-state index is -0.803. The third kappa shape index (κ3) is 4.56. The summed E-state index contributed by atoms with van der Waals surface area (Å²) in [6, 6.07) is 9.42. The van der Waals surface area contributed by atoms with Gasteiger partial charge in [0.2, 0.25) is 0 Å². The number of phenols is 1. The molecule has 2 aromatic rings. The number of carbonyl (C=O) groups excluding carboxylic acids is 3. The number of imide groups is 2. The number of aromatic hydroxyl groups is 1. The Labute approximate surface area is 187 Å². The standard InChI is InChI=1S/C25H26N2O5/c1-5-7-18-12-16(14-21(22(18)28)32-6-2)13-20-23(29)26-25(31)27(24(20)30)19-10-8-17(9-11-19)15(3)4/h5,8-15,28H,1,6-7H2,2-4H3,(H,26,29,31)/b20-13+. The first-order chi connectivity index (χ1) is 15.3. The number of nitrogens with zero attached hydrogens (tertiary/aromatic N) is 1. The number of ether oxygens (including phenoxy) is 1. The average Bonchev–Trinajstić information content (AvgIpc) is 2.75. The first kappa shape index (κ1) is 22.8. The van der Waals surface area contributed by atoms with Gasteiger partial charge in [-0.05, 0) is 60.7 Å². The molecule has 0 atom stereocenters. The van der Waals surface area contributed by atoms with E-state index in [9.17, 15) is 19.5 Å². The molecule has 2 aromatic carbocycles. The molecule has 0 aliphatic carbocycles. The molecule has 0 radical (unpaired) electrons. The second-order valence-electron chi connectivity index (χ2n) is 7.66. The molecule has 1 aliphatic rings. The van der Waals surface area contributed by atoms with Crippen molar-refractivity contribution in [2.24, 2.45) is 0 Å². The maximum Gasteiger partial charge on any atom is 0.335 e. The van der Waals surface area contributed by atoms with Crippen LogP contribution < -0.4 is 15.0 Å². The van der Waals surface area contributed by atoms with Gasteiger partial charge in [-0.25, -0.2) is 9.69 Å². The minimum absolute atomic E-state index is 0.0182. The quantitative estimate of drug-likeness (QED) is 0.385. The van der Waals surface area contributed by atoms with E-state index in [4.69, 9.17) is 4.74 Å². The first-order valence-corrected chi connectivity index (χ1v) is 10.4. The van der Waals surface area contributed by atoms with Crippen LogP contribution in [0.25, 0.3) is 6.08 Å². The number of carbonyl (C=O) groups is 3. The van der Waals surface area contributed by atoms with E-state index in [-0.39, 0.29) is 17.1 Å². The lowest BCUT2D eigenvalue weighted by Crippen LogP contribution is -2.54. The van der Waals surface area contributed by atoms with Crippen LogP contribution >= 0.6 is 0 Å². The monoisotopic (exact) mass is 434 g/mol. The van der Waals surface area contributed by atoms with Gasteiger partial charge in [-0.1, -0.05) is 32.1 Å². The van der Waals surface area contributed by atoms with Crippen molar-refractivity contribution in [3.8, 4) is 11.5 Å². The number of nitrogens with one attached hydrogen (secondary N) is 1. The van der Waals surface area contributed by atoms with Crippen LogP contribution in [0.4, 0.5) is 10.5 Å². The molecule has 7 heteroatoms. The molecule has 4 amide bonds. The third-order valence-electron chi connectivity index (χ3n) is 5.07. The minimum Gasteiger partial charge on any atom is -0.504 e. The number of urea groups is 1. The van der Waals surface area contributed by atoms with Gasteiger partial charge in [-0.2, -0.15) is 0 Å². The highest BCUT2D eigenvalue weighted by atomic mass is 16.5. The summed E-state index contributed by atoms with van der Waals surface area (Å²) in [5, 5.41) is 12.6. The van der Waals surface area contributed by atoms with Gasteiger partial charge in [0, 0.05) is 5.56 Å². The van der Waals surface area contributed by atoms with Crippen molar-refractivity contribution in [2.45, 2.75) is 33.1 Å². The molecule has 3 rings (SSSR count). The van der Waals surface area contributed by atoms with Crippen molar-refractivity contribution in [2.75, 3.05) is 11.5 Å². The second kappa shape index (κ2) is 9.51. The van der Waals surface area contributed by atoms with Crippen LogP contribution in [0.2, 0.25) is 0 Å². The zero-order valence-electron chi connectivity index (χ0n) is 18.3. The van der Waals surface area contributed by atoms with E-state index in [1.54, 1.807) is 31.2 Å². The van der Waals surface area contributed by atoms with Crippen LogP contribution in [0.1, 0.15) is 43.4 Å². The Morgan fingerprint density at radius 1 is 1.16 bits per heavy atom. The van der Waals surface area contributed by atoms with E-state index in [2.05, 4.69) is 11.9 Å². The molecule has 0 saturated carbocycles. The molecule has 7 nitrogen and oxygen atoms in total. The van der Waals surface area contributed by atoms with Gasteiger partial charge in [0.25, 0.3) is 11.8 Å². The number of barbiturate groups is 1. The average molecular weight is 434 g/mol. The molecular weight excluding hydrogens is 408 g/mol. The first-order valence-electron chi connectivity index (χ1n) is 10.4. The van der Waals surface area contributed by atoms with Crippen molar-refractivity contribution in [1.82, 2.24) is 5.32 Å². The van der Waals surface area contributed by atoms with Gasteiger partial charge in [0.15, 0.2) is 11.5 Å². The molecule has 0 bridgehead atoms. The molecule has 1 aliphatic heterocycles. The molecule has 32 heavy (non-hydrogen) atoms. The predicted octanol–water partition coefficient (Wildman–Crippen LogP) is 4.31. The van der Waals surface area contributed by atoms with Crippen LogP contribution in [0, 0.1) is 0 Å². The lowest BCUT2D eigenvalue weighted by atomic mass is 10.0. The van der Waals surface area contributed by atoms with Gasteiger partial charge in [-0.15, -0.1) is 6.58 Å². The van der Waals surface area contributed by atoms with Gasteiger partial charge in [-0.3, -0.25) is 14.9 Å². The number of allylic oxidation sites excluding steroid dienone is 1.